The van der Waals surface area contributed by atoms with E-state index in [-0.39, 0.29) is 0 Å². The topological polar surface area (TPSA) is 79.3 Å². The normalized spacial score (nSPS) is 15.4. The summed E-state index contributed by atoms with van der Waals surface area (Å²) < 4.78 is 28.1. The molecule has 1 aliphatic heterocycles. The van der Waals surface area contributed by atoms with E-state index in [0.717, 1.165) is 28.2 Å². The molecule has 0 unspecified atom stereocenters. The van der Waals surface area contributed by atoms with Crippen LogP contribution in [0.5, 0.6) is 0 Å². The van der Waals surface area contributed by atoms with Gasteiger partial charge in [0, 0.05) is 32.4 Å². The van der Waals surface area contributed by atoms with Crippen LogP contribution in [0.2, 0.25) is 0 Å². The maximum absolute atomic E-state index is 13.3. The second-order valence-corrected chi connectivity index (χ2v) is 9.49. The van der Waals surface area contributed by atoms with Crippen molar-refractivity contribution in [2.45, 2.75) is 25.7 Å². The van der Waals surface area contributed by atoms with Crippen molar-refractivity contribution in [2.24, 2.45) is 0 Å². The minimum atomic E-state index is -3.53. The summed E-state index contributed by atoms with van der Waals surface area (Å²) in [4.78, 5) is 6.78. The fourth-order valence-corrected chi connectivity index (χ4v) is 5.84. The summed E-state index contributed by atoms with van der Waals surface area (Å²) in [5.74, 6) is 0.745. The minimum Gasteiger partial charge on any atom is -0.352 e. The molecule has 0 radical (unpaired) electrons. The van der Waals surface area contributed by atoms with Crippen LogP contribution in [0.3, 0.4) is 0 Å². The van der Waals surface area contributed by atoms with E-state index >= 15 is 0 Å². The monoisotopic (exact) mass is 423 g/mol. The van der Waals surface area contributed by atoms with E-state index in [4.69, 9.17) is 0 Å². The van der Waals surface area contributed by atoms with Crippen molar-refractivity contribution >= 4 is 15.8 Å². The Morgan fingerprint density at radius 3 is 2.10 bits per heavy atom. The van der Waals surface area contributed by atoms with E-state index in [1.807, 2.05) is 63.2 Å². The van der Waals surface area contributed by atoms with E-state index in [0.29, 0.717) is 36.8 Å². The second kappa shape index (κ2) is 8.12. The van der Waals surface area contributed by atoms with Gasteiger partial charge in [0.1, 0.15) is 5.69 Å². The first kappa shape index (κ1) is 20.4. The number of benzene rings is 1. The molecule has 0 spiro atoms. The number of sulfonamides is 1. The van der Waals surface area contributed by atoms with Gasteiger partial charge in [-0.15, -0.1) is 10.2 Å². The van der Waals surface area contributed by atoms with Crippen LogP contribution in [0.15, 0.2) is 53.6 Å². The van der Waals surface area contributed by atoms with Gasteiger partial charge in [0.15, 0.2) is 5.82 Å². The molecule has 1 aromatic carbocycles. The summed E-state index contributed by atoms with van der Waals surface area (Å²) in [5, 5.41) is 8.61. The molecule has 0 bridgehead atoms. The van der Waals surface area contributed by atoms with Crippen LogP contribution in [0.4, 0.5) is 5.82 Å². The van der Waals surface area contributed by atoms with Gasteiger partial charge in [0.25, 0.3) is 0 Å². The molecule has 156 valence electrons. The first-order chi connectivity index (χ1) is 14.4. The maximum atomic E-state index is 13.3. The molecule has 3 aromatic rings. The Labute approximate surface area is 177 Å². The molecule has 0 aliphatic carbocycles. The van der Waals surface area contributed by atoms with Gasteiger partial charge in [-0.3, -0.25) is 4.98 Å². The third kappa shape index (κ3) is 3.93. The molecule has 8 heteroatoms. The molecule has 1 aliphatic rings. The molecule has 0 N–H and O–H groups in total. The molecule has 4 rings (SSSR count). The summed E-state index contributed by atoms with van der Waals surface area (Å²) in [6.45, 7) is 7.68. The molecule has 2 aromatic heterocycles. The molecule has 0 saturated carbocycles. The van der Waals surface area contributed by atoms with Crippen LogP contribution in [0.25, 0.3) is 11.4 Å². The largest absolute Gasteiger partial charge is 0.352 e. The van der Waals surface area contributed by atoms with Crippen LogP contribution in [-0.4, -0.2) is 54.1 Å². The van der Waals surface area contributed by atoms with Gasteiger partial charge in [-0.05, 0) is 56.2 Å². The Balaban J connectivity index is 1.48. The predicted octanol–water partition coefficient (Wildman–Crippen LogP) is 2.97. The van der Waals surface area contributed by atoms with E-state index < -0.39 is 10.0 Å². The van der Waals surface area contributed by atoms with Crippen molar-refractivity contribution in [2.75, 3.05) is 31.1 Å². The first-order valence-electron chi connectivity index (χ1n) is 9.94. The lowest BCUT2D eigenvalue weighted by atomic mass is 10.1. The number of piperazine rings is 1. The highest BCUT2D eigenvalue weighted by Crippen LogP contribution is 2.27. The lowest BCUT2D eigenvalue weighted by Crippen LogP contribution is -2.49. The van der Waals surface area contributed by atoms with Gasteiger partial charge < -0.3 is 4.90 Å². The Hall–Kier alpha value is -2.84. The van der Waals surface area contributed by atoms with Crippen LogP contribution < -0.4 is 4.90 Å². The molecule has 1 fully saturated rings. The molecule has 30 heavy (non-hydrogen) atoms. The van der Waals surface area contributed by atoms with Gasteiger partial charge >= 0.3 is 0 Å². The minimum absolute atomic E-state index is 0.415. The molecule has 1 saturated heterocycles. The van der Waals surface area contributed by atoms with Crippen molar-refractivity contribution in [3.05, 3.63) is 65.4 Å². The Bertz CT molecular complexity index is 1120. The zero-order valence-corrected chi connectivity index (χ0v) is 18.2. The number of nitrogens with zero attached hydrogens (tertiary/aromatic N) is 5. The van der Waals surface area contributed by atoms with Gasteiger partial charge in [-0.2, -0.15) is 4.31 Å². The van der Waals surface area contributed by atoms with Crippen molar-refractivity contribution < 1.29 is 8.42 Å². The summed E-state index contributed by atoms with van der Waals surface area (Å²) in [6.07, 6.45) is 1.72. The number of aromatic nitrogens is 3. The van der Waals surface area contributed by atoms with E-state index in [1.54, 1.807) is 10.5 Å². The van der Waals surface area contributed by atoms with Gasteiger partial charge in [-0.25, -0.2) is 8.42 Å². The SMILES string of the molecule is Cc1cc(C)c(S(=O)(=O)N2CCN(c3ccc(-c4ccccn4)nn3)CC2)c(C)c1. The summed E-state index contributed by atoms with van der Waals surface area (Å²) in [5.41, 5.74) is 4.15. The maximum Gasteiger partial charge on any atom is 0.243 e. The average molecular weight is 424 g/mol. The summed E-state index contributed by atoms with van der Waals surface area (Å²) in [6, 6.07) is 13.3. The third-order valence-electron chi connectivity index (χ3n) is 5.34. The standard InChI is InChI=1S/C22H25N5O2S/c1-16-14-17(2)22(18(3)15-16)30(28,29)27-12-10-26(11-13-27)21-8-7-20(24-25-21)19-6-4-5-9-23-19/h4-9,14-15H,10-13H2,1-3H3. The quantitative estimate of drug-likeness (QED) is 0.642. The highest BCUT2D eigenvalue weighted by atomic mass is 32.2. The Kier molecular flexibility index (Phi) is 5.53. The van der Waals surface area contributed by atoms with E-state index in [9.17, 15) is 8.42 Å². The van der Waals surface area contributed by atoms with Crippen LogP contribution in [-0.2, 0) is 10.0 Å². The fourth-order valence-electron chi connectivity index (χ4n) is 4.01. The fraction of sp³-hybridized carbons (Fsp3) is 0.318. The number of anilines is 1. The van der Waals surface area contributed by atoms with Gasteiger partial charge in [0.05, 0.1) is 10.6 Å². The average Bonchev–Trinajstić information content (AvgIpc) is 2.74. The second-order valence-electron chi connectivity index (χ2n) is 7.61. The third-order valence-corrected chi connectivity index (χ3v) is 7.55. The van der Waals surface area contributed by atoms with Crippen LogP contribution in [0, 0.1) is 20.8 Å². The number of hydrogen-bond donors (Lipinski definition) is 0. The smallest absolute Gasteiger partial charge is 0.243 e. The molecular formula is C22H25N5O2S. The zero-order chi connectivity index (χ0) is 21.3. The van der Waals surface area contributed by atoms with Crippen molar-refractivity contribution in [3.8, 4) is 11.4 Å². The Morgan fingerprint density at radius 1 is 0.833 bits per heavy atom. The van der Waals surface area contributed by atoms with Crippen LogP contribution >= 0.6 is 0 Å². The molecular weight excluding hydrogens is 398 g/mol. The molecule has 0 amide bonds. The lowest BCUT2D eigenvalue weighted by Gasteiger charge is -2.35. The number of aryl methyl sites for hydroxylation is 3. The molecule has 0 atom stereocenters. The van der Waals surface area contributed by atoms with E-state index in [1.165, 1.54) is 0 Å². The highest BCUT2D eigenvalue weighted by molar-refractivity contribution is 7.89. The molecule has 3 heterocycles. The Morgan fingerprint density at radius 2 is 1.53 bits per heavy atom. The predicted molar refractivity (Wildman–Crippen MR) is 117 cm³/mol. The highest BCUT2D eigenvalue weighted by Gasteiger charge is 2.31. The van der Waals surface area contributed by atoms with Gasteiger partial charge in [0.2, 0.25) is 10.0 Å². The van der Waals surface area contributed by atoms with E-state index in [2.05, 4.69) is 20.1 Å². The lowest BCUT2D eigenvalue weighted by molar-refractivity contribution is 0.383. The molecule has 7 nitrogen and oxygen atoms in total. The number of pyridine rings is 1. The zero-order valence-electron chi connectivity index (χ0n) is 17.4. The van der Waals surface area contributed by atoms with Crippen molar-refractivity contribution in [1.29, 1.82) is 0 Å². The van der Waals surface area contributed by atoms with Crippen LogP contribution in [0.1, 0.15) is 16.7 Å². The first-order valence-corrected chi connectivity index (χ1v) is 11.4. The number of hydrogen-bond acceptors (Lipinski definition) is 6. The van der Waals surface area contributed by atoms with Crippen molar-refractivity contribution in [1.82, 2.24) is 19.5 Å². The number of rotatable bonds is 4. The van der Waals surface area contributed by atoms with Gasteiger partial charge in [-0.1, -0.05) is 23.8 Å². The summed E-state index contributed by atoms with van der Waals surface area (Å²) in [7, 11) is -3.53. The summed E-state index contributed by atoms with van der Waals surface area (Å²) >= 11 is 0. The van der Waals surface area contributed by atoms with Crippen molar-refractivity contribution in [3.63, 3.8) is 0 Å².